The summed E-state index contributed by atoms with van der Waals surface area (Å²) in [6, 6.07) is 24.3. The molecule has 8 rings (SSSR count). The van der Waals surface area contributed by atoms with Gasteiger partial charge in [0.25, 0.3) is 5.69 Å². The molecule has 0 saturated heterocycles. The van der Waals surface area contributed by atoms with E-state index in [0.29, 0.717) is 12.8 Å². The fourth-order valence-corrected chi connectivity index (χ4v) is 8.50. The molecule has 1 amide bonds. The van der Waals surface area contributed by atoms with E-state index in [-0.39, 0.29) is 17.0 Å². The third-order valence-electron chi connectivity index (χ3n) is 10.4. The van der Waals surface area contributed by atoms with E-state index in [0.717, 1.165) is 50.0 Å². The minimum Gasteiger partial charge on any atom is -0.371 e. The van der Waals surface area contributed by atoms with Gasteiger partial charge in [-0.2, -0.15) is 0 Å². The number of nitrogens with zero attached hydrogens (tertiary/aromatic N) is 2. The number of nitrogens with one attached hydrogen (secondary N) is 1. The number of benzene rings is 4. The van der Waals surface area contributed by atoms with Crippen LogP contribution in [0.15, 0.2) is 79.4 Å². The van der Waals surface area contributed by atoms with Crippen LogP contribution in [0.4, 0.5) is 17.1 Å². The second-order valence-corrected chi connectivity index (χ2v) is 12.8. The van der Waals surface area contributed by atoms with Crippen molar-refractivity contribution in [3.63, 3.8) is 0 Å². The highest BCUT2D eigenvalue weighted by Gasteiger charge is 2.49. The lowest BCUT2D eigenvalue weighted by Gasteiger charge is -2.44. The monoisotopic (exact) mass is 581 g/mol. The third-order valence-corrected chi connectivity index (χ3v) is 10.4. The number of fused-ring (bicyclic) bond motifs is 7. The van der Waals surface area contributed by atoms with E-state index in [1.165, 1.54) is 75.2 Å². The van der Waals surface area contributed by atoms with Gasteiger partial charge in [0.1, 0.15) is 0 Å². The standard InChI is InChI=1S/C38H35N3O3/c1-24-23-38(34-9-3-2-7-30(24)34)33-16-13-28(39-36(42)17-12-25-10-14-29(15-11-25)41(43)44)20-27(33)21-32-31-8-5-19-40-18-4-6-26(37(31)40)22-35(32)38/h2-3,7,9-11,13-16,20,22H,1,4-6,8,12,17-19,21,23H2,(H,39,42). The third kappa shape index (κ3) is 4.11. The number of nitro groups is 1. The fraction of sp³-hybridized carbons (Fsp3) is 0.289. The van der Waals surface area contributed by atoms with Gasteiger partial charge < -0.3 is 10.2 Å². The number of amides is 1. The molecular weight excluding hydrogens is 546 g/mol. The molecule has 0 bridgehead atoms. The Morgan fingerprint density at radius 3 is 2.52 bits per heavy atom. The first-order valence-corrected chi connectivity index (χ1v) is 15.8. The normalized spacial score (nSPS) is 19.2. The number of carbonyl (C=O) groups is 1. The van der Waals surface area contributed by atoms with Crippen LogP contribution in [0.5, 0.6) is 0 Å². The van der Waals surface area contributed by atoms with Gasteiger partial charge in [0.15, 0.2) is 0 Å². The molecule has 0 fully saturated rings. The van der Waals surface area contributed by atoms with Crippen LogP contribution in [0.3, 0.4) is 0 Å². The number of hydrogen-bond acceptors (Lipinski definition) is 4. The van der Waals surface area contributed by atoms with E-state index >= 15 is 0 Å². The summed E-state index contributed by atoms with van der Waals surface area (Å²) in [4.78, 5) is 26.2. The number of aryl methyl sites for hydroxylation is 2. The van der Waals surface area contributed by atoms with Crippen molar-refractivity contribution in [2.45, 2.75) is 56.8 Å². The molecule has 1 unspecified atom stereocenters. The number of rotatable bonds is 5. The molecule has 1 spiro atoms. The number of nitro benzene ring substituents is 1. The van der Waals surface area contributed by atoms with Gasteiger partial charge in [-0.05, 0) is 113 Å². The van der Waals surface area contributed by atoms with Crippen molar-refractivity contribution in [3.05, 3.63) is 140 Å². The Kier molecular flexibility index (Phi) is 6.23. The molecule has 1 N–H and O–H groups in total. The Morgan fingerprint density at radius 1 is 0.909 bits per heavy atom. The maximum absolute atomic E-state index is 13.1. The second-order valence-electron chi connectivity index (χ2n) is 12.8. The Hall–Kier alpha value is -4.71. The Balaban J connectivity index is 1.17. The zero-order chi connectivity index (χ0) is 30.0. The minimum atomic E-state index is -0.408. The molecule has 220 valence electrons. The number of non-ortho nitro benzene ring substituents is 1. The molecule has 2 aliphatic carbocycles. The maximum Gasteiger partial charge on any atom is 0.269 e. The van der Waals surface area contributed by atoms with Crippen LogP contribution in [0, 0.1) is 10.1 Å². The van der Waals surface area contributed by atoms with Crippen molar-refractivity contribution < 1.29 is 9.72 Å². The summed E-state index contributed by atoms with van der Waals surface area (Å²) in [5.74, 6) is -0.0615. The van der Waals surface area contributed by atoms with Crippen LogP contribution in [-0.2, 0) is 35.9 Å². The molecule has 0 radical (unpaired) electrons. The van der Waals surface area contributed by atoms with Crippen molar-refractivity contribution in [1.29, 1.82) is 0 Å². The smallest absolute Gasteiger partial charge is 0.269 e. The van der Waals surface area contributed by atoms with Crippen LogP contribution in [0.2, 0.25) is 0 Å². The Labute approximate surface area is 257 Å². The highest BCUT2D eigenvalue weighted by atomic mass is 16.6. The highest BCUT2D eigenvalue weighted by Crippen LogP contribution is 2.59. The predicted octanol–water partition coefficient (Wildman–Crippen LogP) is 7.52. The molecule has 2 aliphatic heterocycles. The van der Waals surface area contributed by atoms with E-state index in [4.69, 9.17) is 0 Å². The van der Waals surface area contributed by atoms with Gasteiger partial charge in [-0.3, -0.25) is 14.9 Å². The largest absolute Gasteiger partial charge is 0.371 e. The molecule has 4 aliphatic rings. The first-order valence-electron chi connectivity index (χ1n) is 15.8. The summed E-state index contributed by atoms with van der Waals surface area (Å²) < 4.78 is 0. The molecule has 4 aromatic rings. The summed E-state index contributed by atoms with van der Waals surface area (Å²) in [5.41, 5.74) is 15.4. The topological polar surface area (TPSA) is 75.5 Å². The molecule has 6 heteroatoms. The lowest BCUT2D eigenvalue weighted by atomic mass is 9.61. The Morgan fingerprint density at radius 2 is 1.70 bits per heavy atom. The van der Waals surface area contributed by atoms with Crippen LogP contribution >= 0.6 is 0 Å². The number of allylic oxidation sites excluding steroid dienone is 1. The molecule has 2 heterocycles. The van der Waals surface area contributed by atoms with Gasteiger partial charge in [-0.1, -0.05) is 55.1 Å². The molecule has 0 saturated carbocycles. The summed E-state index contributed by atoms with van der Waals surface area (Å²) >= 11 is 0. The van der Waals surface area contributed by atoms with E-state index < -0.39 is 4.92 Å². The van der Waals surface area contributed by atoms with E-state index in [9.17, 15) is 14.9 Å². The average Bonchev–Trinajstić information content (AvgIpc) is 3.33. The zero-order valence-corrected chi connectivity index (χ0v) is 24.8. The zero-order valence-electron chi connectivity index (χ0n) is 24.8. The summed E-state index contributed by atoms with van der Waals surface area (Å²) in [6.45, 7) is 6.86. The van der Waals surface area contributed by atoms with Crippen LogP contribution in [-0.4, -0.2) is 23.9 Å². The molecule has 0 aromatic heterocycles. The molecular formula is C38H35N3O3. The fourth-order valence-electron chi connectivity index (χ4n) is 8.50. The van der Waals surface area contributed by atoms with Crippen molar-refractivity contribution in [2.24, 2.45) is 0 Å². The number of anilines is 2. The van der Waals surface area contributed by atoms with Crippen molar-refractivity contribution in [3.8, 4) is 0 Å². The van der Waals surface area contributed by atoms with Crippen LogP contribution in [0.25, 0.3) is 5.57 Å². The summed E-state index contributed by atoms with van der Waals surface area (Å²) in [5, 5.41) is 14.1. The van der Waals surface area contributed by atoms with Gasteiger partial charge in [0, 0.05) is 43.0 Å². The average molecular weight is 582 g/mol. The SMILES string of the molecule is C=C1CC2(c3ccc(NC(=O)CCc4ccc([N+](=O)[O-])cc4)cc3Cc3c2cc2c4c3CCCN4CCC2)c2ccccc21. The van der Waals surface area contributed by atoms with Gasteiger partial charge in [-0.15, -0.1) is 0 Å². The lowest BCUT2D eigenvalue weighted by molar-refractivity contribution is -0.384. The van der Waals surface area contributed by atoms with Crippen LogP contribution < -0.4 is 10.2 Å². The number of carbonyl (C=O) groups excluding carboxylic acids is 1. The molecule has 1 atom stereocenters. The second kappa shape index (κ2) is 10.2. The van der Waals surface area contributed by atoms with E-state index in [1.807, 2.05) is 0 Å². The minimum absolute atomic E-state index is 0.0578. The molecule has 4 aromatic carbocycles. The van der Waals surface area contributed by atoms with Gasteiger partial charge >= 0.3 is 0 Å². The van der Waals surface area contributed by atoms with E-state index in [1.54, 1.807) is 17.7 Å². The molecule has 44 heavy (non-hydrogen) atoms. The quantitative estimate of drug-likeness (QED) is 0.195. The maximum atomic E-state index is 13.1. The highest BCUT2D eigenvalue weighted by molar-refractivity contribution is 5.91. The first kappa shape index (κ1) is 26.9. The van der Waals surface area contributed by atoms with Crippen LogP contribution in [0.1, 0.15) is 75.8 Å². The summed E-state index contributed by atoms with van der Waals surface area (Å²) in [7, 11) is 0. The van der Waals surface area contributed by atoms with Gasteiger partial charge in [0.05, 0.1) is 10.3 Å². The van der Waals surface area contributed by atoms with Gasteiger partial charge in [0.2, 0.25) is 5.91 Å². The van der Waals surface area contributed by atoms with E-state index in [2.05, 4.69) is 65.3 Å². The van der Waals surface area contributed by atoms with Crippen molar-refractivity contribution >= 4 is 28.5 Å². The number of hydrogen-bond donors (Lipinski definition) is 1. The lowest BCUT2D eigenvalue weighted by Crippen LogP contribution is -2.38. The Bertz CT molecular complexity index is 1870. The van der Waals surface area contributed by atoms with Crippen molar-refractivity contribution in [2.75, 3.05) is 23.3 Å². The molecule has 6 nitrogen and oxygen atoms in total. The van der Waals surface area contributed by atoms with Crippen molar-refractivity contribution in [1.82, 2.24) is 0 Å². The predicted molar refractivity (Wildman–Crippen MR) is 175 cm³/mol. The van der Waals surface area contributed by atoms with Gasteiger partial charge in [-0.25, -0.2) is 0 Å². The first-order chi connectivity index (χ1) is 21.4. The summed E-state index contributed by atoms with van der Waals surface area (Å²) in [6.07, 6.45) is 7.23.